The molecule has 0 aliphatic carbocycles. The molecule has 86 valence electrons. The molecule has 0 aromatic heterocycles. The molecule has 0 bridgehead atoms. The first-order chi connectivity index (χ1) is 6.85. The maximum Gasteiger partial charge on any atom is 0.0587 e. The molecule has 0 spiro atoms. The first-order valence-electron chi connectivity index (χ1n) is 5.53. The van der Waals surface area contributed by atoms with Crippen LogP contribution in [0.15, 0.2) is 0 Å². The Bertz CT molecular complexity index is 109. The monoisotopic (exact) mass is 203 g/mol. The predicted molar refractivity (Wildman–Crippen MR) is 59.6 cm³/mol. The van der Waals surface area contributed by atoms with Crippen molar-refractivity contribution in [3.8, 4) is 0 Å². The SMILES string of the molecule is CCC(CCCOC)CNCCOC. The molecule has 1 unspecified atom stereocenters. The minimum absolute atomic E-state index is 0.780. The predicted octanol–water partition coefficient (Wildman–Crippen LogP) is 1.68. The molecule has 0 saturated carbocycles. The van der Waals surface area contributed by atoms with Gasteiger partial charge >= 0.3 is 0 Å². The summed E-state index contributed by atoms with van der Waals surface area (Å²) in [5.41, 5.74) is 0. The van der Waals surface area contributed by atoms with Crippen molar-refractivity contribution in [2.45, 2.75) is 26.2 Å². The number of ether oxygens (including phenoxy) is 2. The van der Waals surface area contributed by atoms with Crippen LogP contribution in [0.1, 0.15) is 26.2 Å². The molecule has 0 fully saturated rings. The highest BCUT2D eigenvalue weighted by atomic mass is 16.5. The van der Waals surface area contributed by atoms with Crippen molar-refractivity contribution in [2.24, 2.45) is 5.92 Å². The van der Waals surface area contributed by atoms with Crippen LogP contribution in [-0.2, 0) is 9.47 Å². The van der Waals surface area contributed by atoms with Gasteiger partial charge in [-0.2, -0.15) is 0 Å². The van der Waals surface area contributed by atoms with E-state index in [2.05, 4.69) is 12.2 Å². The van der Waals surface area contributed by atoms with E-state index in [9.17, 15) is 0 Å². The maximum atomic E-state index is 5.04. The summed E-state index contributed by atoms with van der Waals surface area (Å²) in [7, 11) is 3.50. The Morgan fingerprint density at radius 1 is 1.14 bits per heavy atom. The third kappa shape index (κ3) is 8.48. The van der Waals surface area contributed by atoms with E-state index in [-0.39, 0.29) is 0 Å². The van der Waals surface area contributed by atoms with E-state index < -0.39 is 0 Å². The molecule has 0 aromatic carbocycles. The van der Waals surface area contributed by atoms with Gasteiger partial charge in [0, 0.05) is 27.4 Å². The van der Waals surface area contributed by atoms with Crippen LogP contribution >= 0.6 is 0 Å². The number of nitrogens with one attached hydrogen (secondary N) is 1. The Morgan fingerprint density at radius 2 is 1.86 bits per heavy atom. The van der Waals surface area contributed by atoms with Crippen LogP contribution < -0.4 is 5.32 Å². The molecule has 0 aliphatic heterocycles. The van der Waals surface area contributed by atoms with Crippen LogP contribution in [0.5, 0.6) is 0 Å². The minimum Gasteiger partial charge on any atom is -0.385 e. The van der Waals surface area contributed by atoms with E-state index in [1.165, 1.54) is 19.3 Å². The van der Waals surface area contributed by atoms with Crippen molar-refractivity contribution in [2.75, 3.05) is 40.5 Å². The number of hydrogen-bond acceptors (Lipinski definition) is 3. The second-order valence-corrected chi connectivity index (χ2v) is 3.61. The molecule has 3 heteroatoms. The lowest BCUT2D eigenvalue weighted by Gasteiger charge is -2.15. The largest absolute Gasteiger partial charge is 0.385 e. The zero-order valence-corrected chi connectivity index (χ0v) is 9.84. The Labute approximate surface area is 88.2 Å². The van der Waals surface area contributed by atoms with Crippen molar-refractivity contribution in [3.63, 3.8) is 0 Å². The van der Waals surface area contributed by atoms with Crippen molar-refractivity contribution < 1.29 is 9.47 Å². The fraction of sp³-hybridized carbons (Fsp3) is 1.00. The standard InChI is InChI=1S/C11H25NO2/c1-4-11(6-5-8-13-2)10-12-7-9-14-3/h11-12H,4-10H2,1-3H3. The summed E-state index contributed by atoms with van der Waals surface area (Å²) >= 11 is 0. The Balaban J connectivity index is 3.28. The Hall–Kier alpha value is -0.120. The highest BCUT2D eigenvalue weighted by Crippen LogP contribution is 2.09. The summed E-state index contributed by atoms with van der Waals surface area (Å²) < 4.78 is 10.0. The third-order valence-electron chi connectivity index (χ3n) is 2.45. The zero-order valence-electron chi connectivity index (χ0n) is 9.84. The van der Waals surface area contributed by atoms with Crippen LogP contribution in [0.4, 0.5) is 0 Å². The smallest absolute Gasteiger partial charge is 0.0587 e. The molecule has 0 saturated heterocycles. The lowest BCUT2D eigenvalue weighted by molar-refractivity contribution is 0.183. The van der Waals surface area contributed by atoms with Crippen LogP contribution in [0, 0.1) is 5.92 Å². The van der Waals surface area contributed by atoms with E-state index in [0.29, 0.717) is 0 Å². The van der Waals surface area contributed by atoms with Gasteiger partial charge in [0.25, 0.3) is 0 Å². The van der Waals surface area contributed by atoms with Gasteiger partial charge in [-0.25, -0.2) is 0 Å². The van der Waals surface area contributed by atoms with Crippen molar-refractivity contribution in [1.29, 1.82) is 0 Å². The first-order valence-corrected chi connectivity index (χ1v) is 5.53. The van der Waals surface area contributed by atoms with E-state index in [0.717, 1.165) is 32.2 Å². The maximum absolute atomic E-state index is 5.04. The van der Waals surface area contributed by atoms with Gasteiger partial charge in [-0.15, -0.1) is 0 Å². The molecular weight excluding hydrogens is 178 g/mol. The fourth-order valence-electron chi connectivity index (χ4n) is 1.45. The molecule has 0 aliphatic rings. The van der Waals surface area contributed by atoms with Crippen LogP contribution in [0.25, 0.3) is 0 Å². The average molecular weight is 203 g/mol. The summed E-state index contributed by atoms with van der Waals surface area (Å²) in [4.78, 5) is 0. The van der Waals surface area contributed by atoms with Crippen LogP contribution in [-0.4, -0.2) is 40.5 Å². The highest BCUT2D eigenvalue weighted by Gasteiger charge is 2.04. The zero-order chi connectivity index (χ0) is 10.6. The minimum atomic E-state index is 0.780. The molecule has 0 heterocycles. The lowest BCUT2D eigenvalue weighted by Crippen LogP contribution is -2.26. The molecule has 14 heavy (non-hydrogen) atoms. The number of rotatable bonds is 10. The van der Waals surface area contributed by atoms with Gasteiger partial charge in [0.2, 0.25) is 0 Å². The van der Waals surface area contributed by atoms with Gasteiger partial charge in [-0.1, -0.05) is 13.3 Å². The molecule has 1 atom stereocenters. The number of methoxy groups -OCH3 is 2. The Morgan fingerprint density at radius 3 is 2.43 bits per heavy atom. The van der Waals surface area contributed by atoms with E-state index in [1.54, 1.807) is 14.2 Å². The summed E-state index contributed by atoms with van der Waals surface area (Å²) in [6.45, 7) is 5.99. The van der Waals surface area contributed by atoms with Crippen molar-refractivity contribution in [3.05, 3.63) is 0 Å². The van der Waals surface area contributed by atoms with E-state index in [1.807, 2.05) is 0 Å². The summed E-state index contributed by atoms with van der Waals surface area (Å²) in [5.74, 6) is 0.780. The first kappa shape index (κ1) is 13.9. The van der Waals surface area contributed by atoms with Crippen LogP contribution in [0.3, 0.4) is 0 Å². The lowest BCUT2D eigenvalue weighted by atomic mass is 10.0. The molecular formula is C11H25NO2. The molecule has 0 amide bonds. The van der Waals surface area contributed by atoms with Gasteiger partial charge in [0.1, 0.15) is 0 Å². The molecule has 3 nitrogen and oxygen atoms in total. The molecule has 1 N–H and O–H groups in total. The van der Waals surface area contributed by atoms with Gasteiger partial charge in [0.15, 0.2) is 0 Å². The number of hydrogen-bond donors (Lipinski definition) is 1. The van der Waals surface area contributed by atoms with Gasteiger partial charge in [-0.3, -0.25) is 0 Å². The summed E-state index contributed by atoms with van der Waals surface area (Å²) in [6, 6.07) is 0. The average Bonchev–Trinajstić information content (AvgIpc) is 2.22. The van der Waals surface area contributed by atoms with Crippen molar-refractivity contribution in [1.82, 2.24) is 5.32 Å². The fourth-order valence-corrected chi connectivity index (χ4v) is 1.45. The normalized spacial score (nSPS) is 13.1. The summed E-state index contributed by atoms with van der Waals surface area (Å²) in [5, 5.41) is 3.40. The van der Waals surface area contributed by atoms with E-state index in [4.69, 9.17) is 9.47 Å². The summed E-state index contributed by atoms with van der Waals surface area (Å²) in [6.07, 6.45) is 3.66. The second kappa shape index (κ2) is 11.0. The molecule has 0 rings (SSSR count). The van der Waals surface area contributed by atoms with E-state index >= 15 is 0 Å². The Kier molecular flexibility index (Phi) is 10.9. The van der Waals surface area contributed by atoms with Gasteiger partial charge in [0.05, 0.1) is 6.61 Å². The van der Waals surface area contributed by atoms with Gasteiger partial charge in [-0.05, 0) is 25.3 Å². The molecule has 0 radical (unpaired) electrons. The topological polar surface area (TPSA) is 30.5 Å². The third-order valence-corrected chi connectivity index (χ3v) is 2.45. The van der Waals surface area contributed by atoms with Crippen molar-refractivity contribution >= 4 is 0 Å². The van der Waals surface area contributed by atoms with Crippen LogP contribution in [0.2, 0.25) is 0 Å². The highest BCUT2D eigenvalue weighted by molar-refractivity contribution is 4.60. The van der Waals surface area contributed by atoms with Gasteiger partial charge < -0.3 is 14.8 Å². The molecule has 0 aromatic rings. The second-order valence-electron chi connectivity index (χ2n) is 3.61. The quantitative estimate of drug-likeness (QED) is 0.548.